The molecule has 0 fully saturated rings. The van der Waals surface area contributed by atoms with E-state index < -0.39 is 11.9 Å². The van der Waals surface area contributed by atoms with E-state index in [0.29, 0.717) is 6.61 Å². The Morgan fingerprint density at radius 2 is 1.67 bits per heavy atom. The van der Waals surface area contributed by atoms with E-state index in [1.54, 1.807) is 6.92 Å². The monoisotopic (exact) mass is 341 g/mol. The molecule has 0 aromatic carbocycles. The zero-order valence-electron chi connectivity index (χ0n) is 14.6. The van der Waals surface area contributed by atoms with Gasteiger partial charge in [-0.15, -0.1) is 0 Å². The Balaban J connectivity index is 0. The fourth-order valence-corrected chi connectivity index (χ4v) is 1.34. The zero-order chi connectivity index (χ0) is 19.0. The van der Waals surface area contributed by atoms with Crippen LogP contribution in [0.2, 0.25) is 0 Å². The van der Waals surface area contributed by atoms with E-state index >= 15 is 0 Å². The van der Waals surface area contributed by atoms with Crippen LogP contribution in [0.1, 0.15) is 20.8 Å². The standard InChI is InChI=1S/C9H17NO2.C8H10O4/c1-4-9(11)12-8-7-10(5-2)6-3;1-3-12-8(11)6(2)4-5-7(9)10/h4H,1,5-8H2,2-3H3;4-5H,2-3H2,1H3,(H,9,10). The molecule has 0 aliphatic carbocycles. The predicted octanol–water partition coefficient (Wildman–Crippen LogP) is 1.80. The zero-order valence-corrected chi connectivity index (χ0v) is 14.6. The molecule has 0 aromatic heterocycles. The molecule has 0 saturated heterocycles. The molecule has 0 heterocycles. The van der Waals surface area contributed by atoms with Gasteiger partial charge in [0.05, 0.1) is 12.2 Å². The summed E-state index contributed by atoms with van der Waals surface area (Å²) < 4.78 is 9.38. The summed E-state index contributed by atoms with van der Waals surface area (Å²) in [6.07, 6.45) is 3.11. The van der Waals surface area contributed by atoms with Crippen LogP contribution in [0.3, 0.4) is 0 Å². The molecule has 0 rings (SSSR count). The van der Waals surface area contributed by atoms with Crippen molar-refractivity contribution in [2.75, 3.05) is 32.8 Å². The lowest BCUT2D eigenvalue weighted by Crippen LogP contribution is -2.27. The number of likely N-dealkylation sites (N-methyl/N-ethyl adjacent to an activating group) is 1. The number of carbonyl (C=O) groups excluding carboxylic acids is 2. The van der Waals surface area contributed by atoms with Crippen LogP contribution in [0.15, 0.2) is 37.0 Å². The maximum Gasteiger partial charge on any atom is 0.337 e. The maximum atomic E-state index is 10.8. The Bertz CT molecular complexity index is 452. The number of nitrogens with zero attached hydrogens (tertiary/aromatic N) is 1. The summed E-state index contributed by atoms with van der Waals surface area (Å²) in [5, 5.41) is 8.19. The van der Waals surface area contributed by atoms with Crippen molar-refractivity contribution in [3.8, 4) is 0 Å². The van der Waals surface area contributed by atoms with Crippen molar-refractivity contribution in [1.29, 1.82) is 0 Å². The van der Waals surface area contributed by atoms with Crippen LogP contribution in [-0.2, 0) is 23.9 Å². The topological polar surface area (TPSA) is 93.1 Å². The highest BCUT2D eigenvalue weighted by Crippen LogP contribution is 1.96. The average molecular weight is 341 g/mol. The molecule has 0 amide bonds. The molecule has 1 N–H and O–H groups in total. The lowest BCUT2D eigenvalue weighted by atomic mass is 10.3. The maximum absolute atomic E-state index is 10.8. The van der Waals surface area contributed by atoms with E-state index in [9.17, 15) is 14.4 Å². The van der Waals surface area contributed by atoms with E-state index in [-0.39, 0.29) is 18.1 Å². The second-order valence-corrected chi connectivity index (χ2v) is 4.32. The van der Waals surface area contributed by atoms with Crippen molar-refractivity contribution >= 4 is 17.9 Å². The third kappa shape index (κ3) is 14.5. The van der Waals surface area contributed by atoms with Crippen LogP contribution >= 0.6 is 0 Å². The minimum atomic E-state index is -1.12. The van der Waals surface area contributed by atoms with Gasteiger partial charge in [0.15, 0.2) is 0 Å². The first-order valence-corrected chi connectivity index (χ1v) is 7.60. The summed E-state index contributed by atoms with van der Waals surface area (Å²) in [6.45, 7) is 15.9. The highest BCUT2D eigenvalue weighted by Gasteiger charge is 2.03. The number of aliphatic carboxylic acids is 1. The van der Waals surface area contributed by atoms with Gasteiger partial charge >= 0.3 is 17.9 Å². The van der Waals surface area contributed by atoms with E-state index in [1.807, 2.05) is 0 Å². The Hall–Kier alpha value is -2.41. The number of rotatable bonds is 10. The number of carboxylic acid groups (broad SMARTS) is 1. The molecule has 7 heteroatoms. The first kappa shape index (κ1) is 23.9. The van der Waals surface area contributed by atoms with Crippen LogP contribution in [0, 0.1) is 0 Å². The van der Waals surface area contributed by atoms with E-state index in [0.717, 1.165) is 31.8 Å². The van der Waals surface area contributed by atoms with Gasteiger partial charge in [0.25, 0.3) is 0 Å². The highest BCUT2D eigenvalue weighted by molar-refractivity contribution is 5.93. The molecular formula is C17H27NO6. The molecule has 0 saturated carbocycles. The van der Waals surface area contributed by atoms with Crippen molar-refractivity contribution in [2.24, 2.45) is 0 Å². The number of ether oxygens (including phenoxy) is 2. The Morgan fingerprint density at radius 3 is 2.08 bits per heavy atom. The molecule has 0 aromatic rings. The van der Waals surface area contributed by atoms with Gasteiger partial charge in [0.2, 0.25) is 0 Å². The third-order valence-corrected chi connectivity index (χ3v) is 2.68. The van der Waals surface area contributed by atoms with Crippen molar-refractivity contribution in [1.82, 2.24) is 4.90 Å². The van der Waals surface area contributed by atoms with Crippen LogP contribution in [-0.4, -0.2) is 60.8 Å². The number of hydrogen-bond acceptors (Lipinski definition) is 6. The molecule has 0 bridgehead atoms. The Kier molecular flexibility index (Phi) is 15.4. The average Bonchev–Trinajstić information content (AvgIpc) is 2.57. The summed E-state index contributed by atoms with van der Waals surface area (Å²) in [5.41, 5.74) is 0.0271. The van der Waals surface area contributed by atoms with Crippen molar-refractivity contribution in [2.45, 2.75) is 20.8 Å². The van der Waals surface area contributed by atoms with Crippen molar-refractivity contribution in [3.05, 3.63) is 37.0 Å². The summed E-state index contributed by atoms with van der Waals surface area (Å²) in [4.78, 5) is 33.6. The Labute approximate surface area is 143 Å². The highest BCUT2D eigenvalue weighted by atomic mass is 16.5. The minimum absolute atomic E-state index is 0.0271. The largest absolute Gasteiger partial charge is 0.478 e. The second-order valence-electron chi connectivity index (χ2n) is 4.32. The van der Waals surface area contributed by atoms with Crippen LogP contribution in [0.4, 0.5) is 0 Å². The first-order valence-electron chi connectivity index (χ1n) is 7.60. The summed E-state index contributed by atoms with van der Waals surface area (Å²) in [7, 11) is 0. The normalized spacial score (nSPS) is 9.83. The van der Waals surface area contributed by atoms with Gasteiger partial charge in [0.1, 0.15) is 6.61 Å². The molecule has 7 nitrogen and oxygen atoms in total. The van der Waals surface area contributed by atoms with E-state index in [4.69, 9.17) is 9.84 Å². The number of hydrogen-bond donors (Lipinski definition) is 1. The molecule has 24 heavy (non-hydrogen) atoms. The summed E-state index contributed by atoms with van der Waals surface area (Å²) >= 11 is 0. The van der Waals surface area contributed by atoms with Gasteiger partial charge in [-0.05, 0) is 26.1 Å². The quantitative estimate of drug-likeness (QED) is 0.368. The van der Waals surface area contributed by atoms with E-state index in [2.05, 4.69) is 36.6 Å². The van der Waals surface area contributed by atoms with Crippen LogP contribution < -0.4 is 0 Å². The van der Waals surface area contributed by atoms with Crippen molar-refractivity contribution in [3.63, 3.8) is 0 Å². The van der Waals surface area contributed by atoms with Gasteiger partial charge in [-0.25, -0.2) is 14.4 Å². The second kappa shape index (κ2) is 15.5. The lowest BCUT2D eigenvalue weighted by molar-refractivity contribution is -0.139. The van der Waals surface area contributed by atoms with E-state index in [1.165, 1.54) is 6.08 Å². The molecular weight excluding hydrogens is 314 g/mol. The molecule has 0 unspecified atom stereocenters. The summed E-state index contributed by atoms with van der Waals surface area (Å²) in [5.74, 6) is -2.07. The predicted molar refractivity (Wildman–Crippen MR) is 91.5 cm³/mol. The fourth-order valence-electron chi connectivity index (χ4n) is 1.34. The fraction of sp³-hybridized carbons (Fsp3) is 0.471. The summed E-state index contributed by atoms with van der Waals surface area (Å²) in [6, 6.07) is 0. The van der Waals surface area contributed by atoms with Crippen LogP contribution in [0.25, 0.3) is 0 Å². The number of carbonyl (C=O) groups is 3. The van der Waals surface area contributed by atoms with Gasteiger partial charge in [-0.3, -0.25) is 0 Å². The van der Waals surface area contributed by atoms with Gasteiger partial charge in [0, 0.05) is 18.7 Å². The first-order chi connectivity index (χ1) is 11.3. The Morgan fingerprint density at radius 1 is 1.08 bits per heavy atom. The van der Waals surface area contributed by atoms with Gasteiger partial charge < -0.3 is 19.5 Å². The number of carboxylic acids is 1. The van der Waals surface area contributed by atoms with Gasteiger partial charge in [-0.1, -0.05) is 27.0 Å². The molecule has 0 atom stereocenters. The van der Waals surface area contributed by atoms with Crippen LogP contribution in [0.5, 0.6) is 0 Å². The minimum Gasteiger partial charge on any atom is -0.478 e. The molecule has 136 valence electrons. The SMILES string of the molecule is C=C(C=CC(=O)O)C(=O)OCC.C=CC(=O)OCCN(CC)CC. The molecule has 0 radical (unpaired) electrons. The smallest absolute Gasteiger partial charge is 0.337 e. The number of esters is 2. The molecule has 0 spiro atoms. The van der Waals surface area contributed by atoms with Crippen molar-refractivity contribution < 1.29 is 29.0 Å². The lowest BCUT2D eigenvalue weighted by Gasteiger charge is -2.16. The van der Waals surface area contributed by atoms with Gasteiger partial charge in [-0.2, -0.15) is 0 Å². The third-order valence-electron chi connectivity index (χ3n) is 2.68. The molecule has 0 aliphatic heterocycles. The molecule has 0 aliphatic rings.